The zero-order chi connectivity index (χ0) is 18.7. The largest absolute Gasteiger partial charge is 0.448 e. The van der Waals surface area contributed by atoms with Gasteiger partial charge in [0.15, 0.2) is 6.10 Å². The number of thiophene rings is 1. The Morgan fingerprint density at radius 3 is 2.77 bits per heavy atom. The van der Waals surface area contributed by atoms with E-state index in [1.807, 2.05) is 6.07 Å². The van der Waals surface area contributed by atoms with Gasteiger partial charge in [0.25, 0.3) is 5.91 Å². The van der Waals surface area contributed by atoms with E-state index in [-0.39, 0.29) is 10.7 Å². The summed E-state index contributed by atoms with van der Waals surface area (Å²) in [7, 11) is 0. The summed E-state index contributed by atoms with van der Waals surface area (Å²) in [6, 6.07) is 5.54. The van der Waals surface area contributed by atoms with Crippen molar-refractivity contribution in [2.24, 2.45) is 0 Å². The molecule has 0 unspecified atom stereocenters. The van der Waals surface area contributed by atoms with Crippen LogP contribution in [0.3, 0.4) is 0 Å². The molecule has 138 valence electrons. The van der Waals surface area contributed by atoms with Gasteiger partial charge in [-0.1, -0.05) is 18.0 Å². The lowest BCUT2D eigenvalue weighted by atomic mass is 10.1. The number of esters is 1. The van der Waals surface area contributed by atoms with Crippen LogP contribution in [-0.4, -0.2) is 18.0 Å². The number of hydrogen-bond donors (Lipinski definition) is 1. The van der Waals surface area contributed by atoms with Crippen LogP contribution in [0.4, 0.5) is 10.1 Å². The zero-order valence-electron chi connectivity index (χ0n) is 14.3. The summed E-state index contributed by atoms with van der Waals surface area (Å²) in [6.07, 6.45) is 4.47. The molecule has 1 aliphatic rings. The molecule has 2 aromatic rings. The van der Waals surface area contributed by atoms with Gasteiger partial charge in [0.2, 0.25) is 0 Å². The van der Waals surface area contributed by atoms with Crippen LogP contribution in [0.2, 0.25) is 5.02 Å². The van der Waals surface area contributed by atoms with Gasteiger partial charge in [0.1, 0.15) is 10.7 Å². The Labute approximate surface area is 160 Å². The third-order valence-corrected chi connectivity index (χ3v) is 5.82. The number of carbonyl (C=O) groups excluding carboxylic acids is 2. The van der Waals surface area contributed by atoms with Crippen molar-refractivity contribution in [2.75, 3.05) is 5.32 Å². The van der Waals surface area contributed by atoms with Crippen molar-refractivity contribution >= 4 is 40.5 Å². The van der Waals surface area contributed by atoms with Crippen molar-refractivity contribution in [3.63, 3.8) is 0 Å². The normalized spacial score (nSPS) is 14.9. The Kier molecular flexibility index (Phi) is 5.94. The average molecular weight is 396 g/mol. The fourth-order valence-corrected chi connectivity index (χ4v) is 4.22. The Balaban J connectivity index is 1.62. The van der Waals surface area contributed by atoms with Gasteiger partial charge in [0.05, 0.1) is 10.7 Å². The molecule has 1 amide bonds. The minimum Gasteiger partial charge on any atom is -0.448 e. The van der Waals surface area contributed by atoms with E-state index in [0.717, 1.165) is 31.7 Å². The lowest BCUT2D eigenvalue weighted by molar-refractivity contribution is -0.123. The third kappa shape index (κ3) is 4.43. The molecule has 1 aromatic carbocycles. The van der Waals surface area contributed by atoms with E-state index >= 15 is 0 Å². The first-order valence-electron chi connectivity index (χ1n) is 8.52. The van der Waals surface area contributed by atoms with Crippen LogP contribution in [0.1, 0.15) is 46.3 Å². The van der Waals surface area contributed by atoms with Gasteiger partial charge in [0, 0.05) is 4.88 Å². The lowest BCUT2D eigenvalue weighted by Crippen LogP contribution is -2.29. The van der Waals surface area contributed by atoms with Crippen molar-refractivity contribution in [1.29, 1.82) is 0 Å². The van der Waals surface area contributed by atoms with Crippen molar-refractivity contribution in [2.45, 2.75) is 45.1 Å². The fourth-order valence-electron chi connectivity index (χ4n) is 2.87. The first-order chi connectivity index (χ1) is 12.4. The Hall–Kier alpha value is -1.92. The molecular formula is C19H19ClFNO3S. The third-order valence-electron chi connectivity index (χ3n) is 4.29. The maximum absolute atomic E-state index is 13.1. The summed E-state index contributed by atoms with van der Waals surface area (Å²) < 4.78 is 18.3. The van der Waals surface area contributed by atoms with Crippen LogP contribution in [0.15, 0.2) is 24.3 Å². The van der Waals surface area contributed by atoms with Crippen LogP contribution < -0.4 is 5.32 Å². The molecule has 1 N–H and O–H groups in total. The van der Waals surface area contributed by atoms with Gasteiger partial charge >= 0.3 is 5.97 Å². The molecule has 0 fully saturated rings. The second kappa shape index (κ2) is 8.18. The van der Waals surface area contributed by atoms with E-state index < -0.39 is 23.8 Å². The minimum absolute atomic E-state index is 0.0823. The van der Waals surface area contributed by atoms with E-state index in [9.17, 15) is 14.0 Å². The van der Waals surface area contributed by atoms with Crippen molar-refractivity contribution in [1.82, 2.24) is 0 Å². The molecule has 4 nitrogen and oxygen atoms in total. The molecule has 1 atom stereocenters. The highest BCUT2D eigenvalue weighted by molar-refractivity contribution is 7.14. The number of carbonyl (C=O) groups is 2. The topological polar surface area (TPSA) is 55.4 Å². The van der Waals surface area contributed by atoms with Crippen LogP contribution >= 0.6 is 22.9 Å². The molecule has 0 saturated carbocycles. The Morgan fingerprint density at radius 1 is 1.23 bits per heavy atom. The van der Waals surface area contributed by atoms with Gasteiger partial charge in [-0.3, -0.25) is 4.79 Å². The maximum atomic E-state index is 13.1. The van der Waals surface area contributed by atoms with Crippen LogP contribution in [0, 0.1) is 5.82 Å². The second-order valence-corrected chi connectivity index (χ2v) is 7.82. The molecule has 0 bridgehead atoms. The van der Waals surface area contributed by atoms with E-state index in [4.69, 9.17) is 16.3 Å². The molecule has 26 heavy (non-hydrogen) atoms. The fraction of sp³-hybridized carbons (Fsp3) is 0.368. The van der Waals surface area contributed by atoms with E-state index in [1.165, 1.54) is 47.3 Å². The van der Waals surface area contributed by atoms with Gasteiger partial charge in [-0.15, -0.1) is 11.3 Å². The second-order valence-electron chi connectivity index (χ2n) is 6.28. The predicted octanol–water partition coefficient (Wildman–Crippen LogP) is 4.99. The number of hydrogen-bond acceptors (Lipinski definition) is 4. The van der Waals surface area contributed by atoms with E-state index in [1.54, 1.807) is 0 Å². The molecule has 0 aliphatic heterocycles. The number of benzene rings is 1. The van der Waals surface area contributed by atoms with Crippen LogP contribution in [0.25, 0.3) is 0 Å². The number of halogens is 2. The molecule has 0 radical (unpaired) electrons. The first kappa shape index (κ1) is 18.9. The predicted molar refractivity (Wildman–Crippen MR) is 100 cm³/mol. The number of nitrogens with one attached hydrogen (secondary N) is 1. The number of fused-ring (bicyclic) bond motifs is 1. The summed E-state index contributed by atoms with van der Waals surface area (Å²) >= 11 is 7.34. The highest BCUT2D eigenvalue weighted by Gasteiger charge is 2.23. The smallest absolute Gasteiger partial charge is 0.349 e. The number of ether oxygens (including phenoxy) is 1. The quantitative estimate of drug-likeness (QED) is 0.585. The van der Waals surface area contributed by atoms with Crippen molar-refractivity contribution in [3.05, 3.63) is 50.4 Å². The molecule has 0 spiro atoms. The highest BCUT2D eigenvalue weighted by atomic mass is 35.5. The van der Waals surface area contributed by atoms with Crippen LogP contribution in [0.5, 0.6) is 0 Å². The summed E-state index contributed by atoms with van der Waals surface area (Å²) in [4.78, 5) is 26.3. The lowest BCUT2D eigenvalue weighted by Gasteiger charge is -2.13. The molecular weight excluding hydrogens is 377 g/mol. The number of anilines is 1. The molecule has 0 saturated heterocycles. The molecule has 7 heteroatoms. The summed E-state index contributed by atoms with van der Waals surface area (Å²) in [5.41, 5.74) is 1.48. The SMILES string of the molecule is C[C@@H](OC(=O)c1cc2c(s1)CCCCC2)C(=O)Nc1ccc(F)cc1Cl. The first-order valence-corrected chi connectivity index (χ1v) is 9.72. The number of rotatable bonds is 4. The van der Waals surface area contributed by atoms with Crippen molar-refractivity contribution < 1.29 is 18.7 Å². The monoisotopic (exact) mass is 395 g/mol. The number of aryl methyl sites for hydroxylation is 2. The van der Waals surface area contributed by atoms with E-state index in [0.29, 0.717) is 4.88 Å². The molecule has 1 aromatic heterocycles. The summed E-state index contributed by atoms with van der Waals surface area (Å²) in [5.74, 6) is -1.52. The van der Waals surface area contributed by atoms with E-state index in [2.05, 4.69) is 5.32 Å². The molecule has 1 aliphatic carbocycles. The summed E-state index contributed by atoms with van der Waals surface area (Å²) in [5, 5.41) is 2.62. The van der Waals surface area contributed by atoms with Crippen LogP contribution in [-0.2, 0) is 22.4 Å². The summed E-state index contributed by atoms with van der Waals surface area (Å²) in [6.45, 7) is 1.49. The maximum Gasteiger partial charge on any atom is 0.349 e. The average Bonchev–Trinajstić information content (AvgIpc) is 2.88. The number of amides is 1. The molecule has 3 rings (SSSR count). The van der Waals surface area contributed by atoms with Gasteiger partial charge in [-0.2, -0.15) is 0 Å². The highest BCUT2D eigenvalue weighted by Crippen LogP contribution is 2.29. The zero-order valence-corrected chi connectivity index (χ0v) is 15.9. The molecule has 1 heterocycles. The Morgan fingerprint density at radius 2 is 2.00 bits per heavy atom. The van der Waals surface area contributed by atoms with Crippen molar-refractivity contribution in [3.8, 4) is 0 Å². The van der Waals surface area contributed by atoms with Gasteiger partial charge in [-0.05, 0) is 62.4 Å². The van der Waals surface area contributed by atoms with Gasteiger partial charge < -0.3 is 10.1 Å². The van der Waals surface area contributed by atoms with Gasteiger partial charge in [-0.25, -0.2) is 9.18 Å². The Bertz CT molecular complexity index is 813. The minimum atomic E-state index is -0.995. The standard InChI is InChI=1S/C19H19ClFNO3S/c1-11(18(23)22-15-8-7-13(21)10-14(15)20)25-19(24)17-9-12-5-3-2-4-6-16(12)26-17/h7-11H,2-6H2,1H3,(H,22,23)/t11-/m1/s1.